The number of ketones is 1. The first-order chi connectivity index (χ1) is 17.9. The Morgan fingerprint density at radius 2 is 2.00 bits per heavy atom. The molecule has 37 heavy (non-hydrogen) atoms. The lowest BCUT2D eigenvalue weighted by Crippen LogP contribution is -2.41. The molecule has 1 aliphatic heterocycles. The SMILES string of the molecule is COc1cccc2[nH]c(C(=O)C[C@@H](Cc3cccc(C#N)c3)C(=O)N[C@H](C#N)C[C@@H]3CCNC3=O)cc12. The molecule has 3 N–H and O–H groups in total. The molecule has 188 valence electrons. The van der Waals surface area contributed by atoms with E-state index >= 15 is 0 Å². The molecule has 1 saturated heterocycles. The Balaban J connectivity index is 1.55. The number of H-pyrrole nitrogens is 1. The number of carbonyl (C=O) groups excluding carboxylic acids is 3. The molecule has 3 atom stereocenters. The third-order valence-corrected chi connectivity index (χ3v) is 6.64. The Morgan fingerprint density at radius 3 is 2.70 bits per heavy atom. The number of carbonyl (C=O) groups is 3. The molecule has 4 rings (SSSR count). The van der Waals surface area contributed by atoms with Crippen molar-refractivity contribution in [3.05, 3.63) is 65.4 Å². The van der Waals surface area contributed by atoms with Crippen molar-refractivity contribution in [2.24, 2.45) is 11.8 Å². The summed E-state index contributed by atoms with van der Waals surface area (Å²) in [5.41, 5.74) is 2.27. The second-order valence-corrected chi connectivity index (χ2v) is 9.15. The number of aromatic nitrogens is 1. The standard InChI is InChI=1S/C28H27N5O4/c1-37-26-7-3-6-23-22(26)14-24(33-23)25(34)13-20(11-17-4-2-5-18(10-17)15-29)28(36)32-21(16-30)12-19-8-9-31-27(19)35/h2-7,10,14,19-21,33H,8-9,11-13H2,1H3,(H,31,35)(H,32,36)/t19-,20+,21-/m0/s1. The van der Waals surface area contributed by atoms with Crippen molar-refractivity contribution >= 4 is 28.5 Å². The lowest BCUT2D eigenvalue weighted by Gasteiger charge is -2.20. The molecular formula is C28H27N5O4. The van der Waals surface area contributed by atoms with E-state index in [4.69, 9.17) is 4.74 Å². The molecule has 0 aliphatic carbocycles. The fraction of sp³-hybridized carbons (Fsp3) is 0.321. The molecule has 0 radical (unpaired) electrons. The second-order valence-electron chi connectivity index (χ2n) is 9.15. The fourth-order valence-corrected chi connectivity index (χ4v) is 4.69. The molecule has 0 saturated carbocycles. The molecule has 3 aromatic rings. The summed E-state index contributed by atoms with van der Waals surface area (Å²) in [6, 6.07) is 17.3. The van der Waals surface area contributed by atoms with E-state index < -0.39 is 17.9 Å². The van der Waals surface area contributed by atoms with Crippen molar-refractivity contribution in [1.82, 2.24) is 15.6 Å². The minimum atomic E-state index is -0.860. The van der Waals surface area contributed by atoms with Crippen molar-refractivity contribution in [2.75, 3.05) is 13.7 Å². The van der Waals surface area contributed by atoms with Gasteiger partial charge in [0.2, 0.25) is 11.8 Å². The van der Waals surface area contributed by atoms with Crippen LogP contribution >= 0.6 is 0 Å². The fourth-order valence-electron chi connectivity index (χ4n) is 4.69. The molecule has 1 aromatic heterocycles. The number of nitrogens with zero attached hydrogens (tertiary/aromatic N) is 2. The number of nitrogens with one attached hydrogen (secondary N) is 3. The van der Waals surface area contributed by atoms with E-state index in [9.17, 15) is 24.9 Å². The van der Waals surface area contributed by atoms with Crippen LogP contribution in [0.4, 0.5) is 0 Å². The van der Waals surface area contributed by atoms with Gasteiger partial charge in [-0.05, 0) is 55.2 Å². The number of rotatable bonds is 10. The first-order valence-corrected chi connectivity index (χ1v) is 12.1. The summed E-state index contributed by atoms with van der Waals surface area (Å²) in [7, 11) is 1.56. The molecule has 0 spiro atoms. The van der Waals surface area contributed by atoms with Crippen molar-refractivity contribution in [3.8, 4) is 17.9 Å². The lowest BCUT2D eigenvalue weighted by molar-refractivity contribution is -0.126. The molecular weight excluding hydrogens is 470 g/mol. The Bertz CT molecular complexity index is 1410. The molecule has 2 amide bonds. The number of ether oxygens (including phenoxy) is 1. The van der Waals surface area contributed by atoms with Gasteiger partial charge in [0.25, 0.3) is 0 Å². The Hall–Kier alpha value is -4.63. The third-order valence-electron chi connectivity index (χ3n) is 6.64. The largest absolute Gasteiger partial charge is 0.496 e. The van der Waals surface area contributed by atoms with Crippen LogP contribution in [0.1, 0.15) is 40.9 Å². The van der Waals surface area contributed by atoms with Gasteiger partial charge >= 0.3 is 0 Å². The van der Waals surface area contributed by atoms with Gasteiger partial charge in [0.1, 0.15) is 11.8 Å². The van der Waals surface area contributed by atoms with Gasteiger partial charge in [-0.3, -0.25) is 14.4 Å². The molecule has 1 aliphatic rings. The van der Waals surface area contributed by atoms with E-state index in [2.05, 4.69) is 27.8 Å². The number of nitriles is 2. The zero-order chi connectivity index (χ0) is 26.4. The van der Waals surface area contributed by atoms with Gasteiger partial charge in [-0.1, -0.05) is 18.2 Å². The molecule has 1 fully saturated rings. The summed E-state index contributed by atoms with van der Waals surface area (Å²) in [4.78, 5) is 41.7. The number of hydrogen-bond acceptors (Lipinski definition) is 6. The summed E-state index contributed by atoms with van der Waals surface area (Å²) in [5, 5.41) is 25.1. The smallest absolute Gasteiger partial charge is 0.224 e. The van der Waals surface area contributed by atoms with Gasteiger partial charge in [0.15, 0.2) is 5.78 Å². The highest BCUT2D eigenvalue weighted by Crippen LogP contribution is 2.27. The third kappa shape index (κ3) is 5.96. The molecule has 9 nitrogen and oxygen atoms in total. The van der Waals surface area contributed by atoms with E-state index in [0.29, 0.717) is 30.0 Å². The van der Waals surface area contributed by atoms with Crippen LogP contribution in [0.2, 0.25) is 0 Å². The summed E-state index contributed by atoms with van der Waals surface area (Å²) in [6.45, 7) is 0.553. The highest BCUT2D eigenvalue weighted by molar-refractivity contribution is 6.02. The molecule has 2 aromatic carbocycles. The zero-order valence-electron chi connectivity index (χ0n) is 20.4. The number of hydrogen-bond donors (Lipinski definition) is 3. The maximum Gasteiger partial charge on any atom is 0.224 e. The number of fused-ring (bicyclic) bond motifs is 1. The van der Waals surface area contributed by atoms with Crippen LogP contribution in [0.3, 0.4) is 0 Å². The monoisotopic (exact) mass is 497 g/mol. The average Bonchev–Trinajstić information content (AvgIpc) is 3.53. The average molecular weight is 498 g/mol. The minimum Gasteiger partial charge on any atom is -0.496 e. The first-order valence-electron chi connectivity index (χ1n) is 12.1. The number of benzene rings is 2. The molecule has 9 heteroatoms. The van der Waals surface area contributed by atoms with Crippen molar-refractivity contribution in [2.45, 2.75) is 31.7 Å². The number of aromatic amines is 1. The van der Waals surface area contributed by atoms with Crippen LogP contribution < -0.4 is 15.4 Å². The van der Waals surface area contributed by atoms with E-state index in [1.807, 2.05) is 12.1 Å². The van der Waals surface area contributed by atoms with Crippen LogP contribution in [0, 0.1) is 34.5 Å². The van der Waals surface area contributed by atoms with Crippen LogP contribution in [0.15, 0.2) is 48.5 Å². The van der Waals surface area contributed by atoms with E-state index in [0.717, 1.165) is 16.5 Å². The maximum absolute atomic E-state index is 13.4. The first kappa shape index (κ1) is 25.5. The number of amides is 2. The summed E-state index contributed by atoms with van der Waals surface area (Å²) >= 11 is 0. The summed E-state index contributed by atoms with van der Waals surface area (Å²) in [5.74, 6) is -1.33. The van der Waals surface area contributed by atoms with Gasteiger partial charge in [-0.2, -0.15) is 10.5 Å². The van der Waals surface area contributed by atoms with E-state index in [-0.39, 0.29) is 36.9 Å². The Kier molecular flexibility index (Phi) is 7.85. The van der Waals surface area contributed by atoms with Gasteiger partial charge in [-0.15, -0.1) is 0 Å². The van der Waals surface area contributed by atoms with E-state index in [1.165, 1.54) is 0 Å². The second kappa shape index (κ2) is 11.4. The van der Waals surface area contributed by atoms with Crippen LogP contribution in [0.25, 0.3) is 10.9 Å². The molecule has 2 heterocycles. The van der Waals surface area contributed by atoms with Gasteiger partial charge in [0.05, 0.1) is 30.5 Å². The highest BCUT2D eigenvalue weighted by atomic mass is 16.5. The topological polar surface area (TPSA) is 148 Å². The molecule has 0 bridgehead atoms. The Labute approximate surface area is 214 Å². The predicted octanol–water partition coefficient (Wildman–Crippen LogP) is 3.01. The Morgan fingerprint density at radius 1 is 1.19 bits per heavy atom. The predicted molar refractivity (Wildman–Crippen MR) is 135 cm³/mol. The van der Waals surface area contributed by atoms with E-state index in [1.54, 1.807) is 43.5 Å². The van der Waals surface area contributed by atoms with Crippen LogP contribution in [-0.2, 0) is 16.0 Å². The maximum atomic E-state index is 13.4. The molecule has 0 unspecified atom stereocenters. The lowest BCUT2D eigenvalue weighted by atomic mass is 9.91. The highest BCUT2D eigenvalue weighted by Gasteiger charge is 2.30. The van der Waals surface area contributed by atoms with Gasteiger partial charge < -0.3 is 20.4 Å². The quantitative estimate of drug-likeness (QED) is 0.367. The summed E-state index contributed by atoms with van der Waals surface area (Å²) in [6.07, 6.45) is 0.915. The normalized spacial score (nSPS) is 16.3. The minimum absolute atomic E-state index is 0.111. The summed E-state index contributed by atoms with van der Waals surface area (Å²) < 4.78 is 5.38. The van der Waals surface area contributed by atoms with Crippen LogP contribution in [-0.4, -0.2) is 42.3 Å². The van der Waals surface area contributed by atoms with Crippen LogP contribution in [0.5, 0.6) is 5.75 Å². The van der Waals surface area contributed by atoms with Crippen molar-refractivity contribution < 1.29 is 19.1 Å². The van der Waals surface area contributed by atoms with Crippen molar-refractivity contribution in [3.63, 3.8) is 0 Å². The van der Waals surface area contributed by atoms with Gasteiger partial charge in [0, 0.05) is 35.7 Å². The number of methoxy groups -OCH3 is 1. The zero-order valence-corrected chi connectivity index (χ0v) is 20.4. The van der Waals surface area contributed by atoms with Crippen molar-refractivity contribution in [1.29, 1.82) is 10.5 Å². The number of Topliss-reactive ketones (excluding diaryl/α,β-unsaturated/α-hetero) is 1. The van der Waals surface area contributed by atoms with Gasteiger partial charge in [-0.25, -0.2) is 0 Å².